The lowest BCUT2D eigenvalue weighted by molar-refractivity contribution is 0.340. The zero-order valence-corrected chi connectivity index (χ0v) is 9.50. The molecule has 0 saturated heterocycles. The fraction of sp³-hybridized carbons (Fsp3) is 0.385. The fourth-order valence-electron chi connectivity index (χ4n) is 1.20. The molecule has 1 aromatic carbocycles. The summed E-state index contributed by atoms with van der Waals surface area (Å²) in [4.78, 5) is 0. The first-order valence-corrected chi connectivity index (χ1v) is 5.06. The van der Waals surface area contributed by atoms with Crippen molar-refractivity contribution < 1.29 is 4.74 Å². The number of terminal acetylenes is 1. The zero-order chi connectivity index (χ0) is 11.3. The van der Waals surface area contributed by atoms with E-state index in [9.17, 15) is 0 Å². The Morgan fingerprint density at radius 1 is 1.33 bits per heavy atom. The Bertz CT molecular complexity index is 346. The summed E-state index contributed by atoms with van der Waals surface area (Å²) in [7, 11) is 0. The summed E-state index contributed by atoms with van der Waals surface area (Å²) in [5.74, 6) is 3.56. The van der Waals surface area contributed by atoms with Crippen molar-refractivity contribution in [2.75, 3.05) is 11.9 Å². The van der Waals surface area contributed by atoms with E-state index in [-0.39, 0.29) is 5.54 Å². The predicted molar refractivity (Wildman–Crippen MR) is 64.1 cm³/mol. The molecule has 0 unspecified atom stereocenters. The lowest BCUT2D eigenvalue weighted by Crippen LogP contribution is -2.28. The highest BCUT2D eigenvalue weighted by Gasteiger charge is 2.12. The number of hydrogen-bond donors (Lipinski definition) is 1. The maximum Gasteiger partial charge on any atom is 0.119 e. The monoisotopic (exact) mass is 203 g/mol. The van der Waals surface area contributed by atoms with Crippen molar-refractivity contribution in [3.8, 4) is 18.1 Å². The summed E-state index contributed by atoms with van der Waals surface area (Å²) in [5.41, 5.74) is 0.675. The Morgan fingerprint density at radius 2 is 1.93 bits per heavy atom. The van der Waals surface area contributed by atoms with Crippen LogP contribution in [0.1, 0.15) is 20.8 Å². The number of anilines is 1. The molecule has 1 rings (SSSR count). The largest absolute Gasteiger partial charge is 0.494 e. The van der Waals surface area contributed by atoms with Crippen molar-refractivity contribution >= 4 is 5.69 Å². The van der Waals surface area contributed by atoms with Crippen LogP contribution in [0.2, 0.25) is 0 Å². The van der Waals surface area contributed by atoms with Gasteiger partial charge in [-0.05, 0) is 45.0 Å². The molecule has 0 fully saturated rings. The molecule has 0 aliphatic heterocycles. The molecule has 0 bridgehead atoms. The quantitative estimate of drug-likeness (QED) is 0.760. The average molecular weight is 203 g/mol. The molecule has 0 heterocycles. The highest BCUT2D eigenvalue weighted by molar-refractivity contribution is 5.49. The van der Waals surface area contributed by atoms with Gasteiger partial charge < -0.3 is 10.1 Å². The molecule has 0 aromatic heterocycles. The maximum atomic E-state index is 5.39. The van der Waals surface area contributed by atoms with E-state index in [2.05, 4.69) is 11.2 Å². The number of hydrogen-bond acceptors (Lipinski definition) is 2. The first-order chi connectivity index (χ1) is 7.07. The summed E-state index contributed by atoms with van der Waals surface area (Å²) in [6, 6.07) is 7.78. The lowest BCUT2D eigenvalue weighted by Gasteiger charge is -2.21. The van der Waals surface area contributed by atoms with Gasteiger partial charge in [0.1, 0.15) is 5.75 Å². The Kier molecular flexibility index (Phi) is 3.62. The predicted octanol–water partition coefficient (Wildman–Crippen LogP) is 2.91. The molecule has 0 aliphatic carbocycles. The minimum absolute atomic E-state index is 0.326. The van der Waals surface area contributed by atoms with Gasteiger partial charge in [-0.2, -0.15) is 0 Å². The van der Waals surface area contributed by atoms with Gasteiger partial charge >= 0.3 is 0 Å². The Hall–Kier alpha value is -1.62. The molecule has 0 amide bonds. The van der Waals surface area contributed by atoms with E-state index >= 15 is 0 Å². The fourth-order valence-corrected chi connectivity index (χ4v) is 1.20. The first kappa shape index (κ1) is 11.5. The minimum Gasteiger partial charge on any atom is -0.494 e. The molecular weight excluding hydrogens is 186 g/mol. The molecule has 1 aromatic rings. The summed E-state index contributed by atoms with van der Waals surface area (Å²) < 4.78 is 5.35. The molecule has 0 radical (unpaired) electrons. The lowest BCUT2D eigenvalue weighted by atomic mass is 10.1. The third-order valence-electron chi connectivity index (χ3n) is 1.98. The van der Waals surface area contributed by atoms with E-state index in [0.29, 0.717) is 6.61 Å². The van der Waals surface area contributed by atoms with Crippen molar-refractivity contribution in [1.82, 2.24) is 0 Å². The van der Waals surface area contributed by atoms with Crippen molar-refractivity contribution in [3.63, 3.8) is 0 Å². The number of nitrogens with one attached hydrogen (secondary N) is 1. The van der Waals surface area contributed by atoms with E-state index in [1.54, 1.807) is 0 Å². The molecular formula is C13H17NO. The Labute approximate surface area is 91.6 Å². The van der Waals surface area contributed by atoms with Crippen LogP contribution in [0.4, 0.5) is 5.69 Å². The van der Waals surface area contributed by atoms with Crippen LogP contribution in [0.25, 0.3) is 0 Å². The van der Waals surface area contributed by atoms with E-state index in [1.807, 2.05) is 45.0 Å². The molecule has 0 spiro atoms. The third kappa shape index (κ3) is 3.55. The highest BCUT2D eigenvalue weighted by Crippen LogP contribution is 2.18. The molecule has 0 aliphatic rings. The molecule has 1 N–H and O–H groups in total. The van der Waals surface area contributed by atoms with Gasteiger partial charge in [0.25, 0.3) is 0 Å². The number of ether oxygens (including phenoxy) is 1. The van der Waals surface area contributed by atoms with E-state index in [0.717, 1.165) is 11.4 Å². The van der Waals surface area contributed by atoms with Crippen LogP contribution in [0, 0.1) is 12.3 Å². The second-order valence-electron chi connectivity index (χ2n) is 3.85. The SMILES string of the molecule is C#CC(C)(C)Nc1ccc(OCC)cc1. The van der Waals surface area contributed by atoms with Gasteiger partial charge in [-0.1, -0.05) is 5.92 Å². The molecule has 0 saturated carbocycles. The van der Waals surface area contributed by atoms with Crippen LogP contribution < -0.4 is 10.1 Å². The van der Waals surface area contributed by atoms with Gasteiger partial charge in [-0.15, -0.1) is 6.42 Å². The van der Waals surface area contributed by atoms with Gasteiger partial charge in [0.2, 0.25) is 0 Å². The third-order valence-corrected chi connectivity index (χ3v) is 1.98. The average Bonchev–Trinajstić information content (AvgIpc) is 2.21. The Morgan fingerprint density at radius 3 is 2.40 bits per heavy atom. The van der Waals surface area contributed by atoms with Crippen molar-refractivity contribution in [3.05, 3.63) is 24.3 Å². The summed E-state index contributed by atoms with van der Waals surface area (Å²) in [6.07, 6.45) is 5.39. The topological polar surface area (TPSA) is 21.3 Å². The smallest absolute Gasteiger partial charge is 0.119 e. The van der Waals surface area contributed by atoms with Crippen molar-refractivity contribution in [1.29, 1.82) is 0 Å². The van der Waals surface area contributed by atoms with Gasteiger partial charge in [-0.25, -0.2) is 0 Å². The molecule has 2 nitrogen and oxygen atoms in total. The standard InChI is InChI=1S/C13H17NO/c1-5-13(3,4)14-11-7-9-12(10-8-11)15-6-2/h1,7-10,14H,6H2,2-4H3. The van der Waals surface area contributed by atoms with Crippen LogP contribution >= 0.6 is 0 Å². The zero-order valence-electron chi connectivity index (χ0n) is 9.50. The Balaban J connectivity index is 2.69. The summed E-state index contributed by atoms with van der Waals surface area (Å²) >= 11 is 0. The van der Waals surface area contributed by atoms with Crippen LogP contribution in [0.15, 0.2) is 24.3 Å². The van der Waals surface area contributed by atoms with Gasteiger partial charge in [0.15, 0.2) is 0 Å². The number of benzene rings is 1. The van der Waals surface area contributed by atoms with Crippen LogP contribution in [-0.2, 0) is 0 Å². The second kappa shape index (κ2) is 4.75. The second-order valence-corrected chi connectivity index (χ2v) is 3.85. The maximum absolute atomic E-state index is 5.39. The molecule has 2 heteroatoms. The van der Waals surface area contributed by atoms with Crippen molar-refractivity contribution in [2.24, 2.45) is 0 Å². The molecule has 0 atom stereocenters. The van der Waals surface area contributed by atoms with E-state index in [1.165, 1.54) is 0 Å². The van der Waals surface area contributed by atoms with Gasteiger partial charge in [0, 0.05) is 5.69 Å². The summed E-state index contributed by atoms with van der Waals surface area (Å²) in [5, 5.41) is 3.25. The van der Waals surface area contributed by atoms with E-state index in [4.69, 9.17) is 11.2 Å². The van der Waals surface area contributed by atoms with Crippen LogP contribution in [0.5, 0.6) is 5.75 Å². The van der Waals surface area contributed by atoms with Crippen molar-refractivity contribution in [2.45, 2.75) is 26.3 Å². The summed E-state index contributed by atoms with van der Waals surface area (Å²) in [6.45, 7) is 6.57. The molecule has 80 valence electrons. The van der Waals surface area contributed by atoms with Crippen LogP contribution in [0.3, 0.4) is 0 Å². The van der Waals surface area contributed by atoms with Gasteiger partial charge in [-0.3, -0.25) is 0 Å². The van der Waals surface area contributed by atoms with Gasteiger partial charge in [0.05, 0.1) is 12.1 Å². The van der Waals surface area contributed by atoms with E-state index < -0.39 is 0 Å². The first-order valence-electron chi connectivity index (χ1n) is 5.06. The normalized spacial score (nSPS) is 10.5. The number of rotatable bonds is 4. The van der Waals surface area contributed by atoms with Crippen LogP contribution in [-0.4, -0.2) is 12.1 Å². The minimum atomic E-state index is -0.326. The highest BCUT2D eigenvalue weighted by atomic mass is 16.5. The molecule has 15 heavy (non-hydrogen) atoms.